The second-order valence-corrected chi connectivity index (χ2v) is 4.03. The van der Waals surface area contributed by atoms with Gasteiger partial charge in [-0.05, 0) is 12.1 Å². The van der Waals surface area contributed by atoms with Crippen LogP contribution in [-0.2, 0) is 13.1 Å². The average molecular weight is 214 g/mol. The lowest BCUT2D eigenvalue weighted by Gasteiger charge is -2.13. The van der Waals surface area contributed by atoms with E-state index in [-0.39, 0.29) is 0 Å². The zero-order chi connectivity index (χ0) is 11.0. The van der Waals surface area contributed by atoms with Crippen LogP contribution in [0.2, 0.25) is 0 Å². The van der Waals surface area contributed by atoms with Gasteiger partial charge in [0.05, 0.1) is 12.2 Å². The number of nitrogens with two attached hydrogens (primary N) is 1. The highest BCUT2D eigenvalue weighted by atomic mass is 15.1. The van der Waals surface area contributed by atoms with Gasteiger partial charge in [0.2, 0.25) is 0 Å². The third-order valence-electron chi connectivity index (χ3n) is 2.88. The van der Waals surface area contributed by atoms with Crippen LogP contribution in [0.25, 0.3) is 11.3 Å². The van der Waals surface area contributed by atoms with Crippen molar-refractivity contribution in [2.45, 2.75) is 13.1 Å². The topological polar surface area (TPSA) is 55.9 Å². The van der Waals surface area contributed by atoms with Crippen LogP contribution in [0, 0.1) is 0 Å². The standard InChI is InChI=1S/C12H14N4/c13-10-3-1-9(2-4-10)11-8-16-6-5-14-7-12(16)15-11/h1-4,8,14H,5-7,13H2. The molecule has 4 nitrogen and oxygen atoms in total. The Balaban J connectivity index is 2.00. The first-order valence-corrected chi connectivity index (χ1v) is 5.45. The molecule has 0 unspecified atom stereocenters. The summed E-state index contributed by atoms with van der Waals surface area (Å²) in [6, 6.07) is 7.84. The summed E-state index contributed by atoms with van der Waals surface area (Å²) >= 11 is 0. The Kier molecular flexibility index (Phi) is 2.15. The first kappa shape index (κ1) is 9.42. The number of nitrogens with one attached hydrogen (secondary N) is 1. The van der Waals surface area contributed by atoms with E-state index in [1.807, 2.05) is 24.3 Å². The summed E-state index contributed by atoms with van der Waals surface area (Å²) in [5, 5.41) is 3.31. The molecule has 3 N–H and O–H groups in total. The number of anilines is 1. The molecule has 0 saturated heterocycles. The predicted octanol–water partition coefficient (Wildman–Crippen LogP) is 1.24. The zero-order valence-electron chi connectivity index (χ0n) is 8.98. The van der Waals surface area contributed by atoms with Gasteiger partial charge in [0.25, 0.3) is 0 Å². The average Bonchev–Trinajstić information content (AvgIpc) is 2.73. The number of hydrogen-bond donors (Lipinski definition) is 2. The van der Waals surface area contributed by atoms with E-state index in [4.69, 9.17) is 5.73 Å². The van der Waals surface area contributed by atoms with Crippen LogP contribution in [0.15, 0.2) is 30.5 Å². The van der Waals surface area contributed by atoms with E-state index in [0.717, 1.165) is 42.4 Å². The minimum atomic E-state index is 0.786. The molecule has 1 aromatic carbocycles. The summed E-state index contributed by atoms with van der Waals surface area (Å²) in [7, 11) is 0. The smallest absolute Gasteiger partial charge is 0.123 e. The Morgan fingerprint density at radius 2 is 2.06 bits per heavy atom. The summed E-state index contributed by atoms with van der Waals surface area (Å²) < 4.78 is 2.21. The summed E-state index contributed by atoms with van der Waals surface area (Å²) in [4.78, 5) is 4.61. The number of fused-ring (bicyclic) bond motifs is 1. The lowest BCUT2D eigenvalue weighted by atomic mass is 10.1. The Labute approximate surface area is 94.1 Å². The van der Waals surface area contributed by atoms with Gasteiger partial charge >= 0.3 is 0 Å². The minimum absolute atomic E-state index is 0.786. The highest BCUT2D eigenvalue weighted by Gasteiger charge is 2.12. The summed E-state index contributed by atoms with van der Waals surface area (Å²) in [6.45, 7) is 2.87. The number of imidazole rings is 1. The van der Waals surface area contributed by atoms with E-state index in [1.165, 1.54) is 0 Å². The molecule has 0 spiro atoms. The second kappa shape index (κ2) is 3.64. The van der Waals surface area contributed by atoms with Crippen molar-refractivity contribution in [1.29, 1.82) is 0 Å². The molecule has 0 aliphatic carbocycles. The van der Waals surface area contributed by atoms with E-state index >= 15 is 0 Å². The van der Waals surface area contributed by atoms with Crippen molar-refractivity contribution in [1.82, 2.24) is 14.9 Å². The van der Waals surface area contributed by atoms with Crippen LogP contribution < -0.4 is 11.1 Å². The van der Waals surface area contributed by atoms with Crippen molar-refractivity contribution in [3.63, 3.8) is 0 Å². The highest BCUT2D eigenvalue weighted by molar-refractivity contribution is 5.61. The molecule has 0 saturated carbocycles. The van der Waals surface area contributed by atoms with E-state index in [0.29, 0.717) is 0 Å². The molecular weight excluding hydrogens is 200 g/mol. The fraction of sp³-hybridized carbons (Fsp3) is 0.250. The number of benzene rings is 1. The number of nitrogens with zero attached hydrogens (tertiary/aromatic N) is 2. The molecule has 16 heavy (non-hydrogen) atoms. The maximum Gasteiger partial charge on any atom is 0.123 e. The molecule has 0 bridgehead atoms. The van der Waals surface area contributed by atoms with Gasteiger partial charge in [-0.1, -0.05) is 12.1 Å². The summed E-state index contributed by atoms with van der Waals surface area (Å²) in [5.41, 5.74) is 8.60. The molecule has 0 radical (unpaired) electrons. The Bertz CT molecular complexity index is 475. The number of nitrogen functional groups attached to an aromatic ring is 1. The quantitative estimate of drug-likeness (QED) is 0.702. The van der Waals surface area contributed by atoms with Crippen molar-refractivity contribution >= 4 is 5.69 Å². The largest absolute Gasteiger partial charge is 0.399 e. The van der Waals surface area contributed by atoms with Gasteiger partial charge < -0.3 is 15.6 Å². The van der Waals surface area contributed by atoms with Crippen molar-refractivity contribution < 1.29 is 0 Å². The maximum absolute atomic E-state index is 5.67. The highest BCUT2D eigenvalue weighted by Crippen LogP contribution is 2.20. The van der Waals surface area contributed by atoms with Crippen LogP contribution in [0.3, 0.4) is 0 Å². The van der Waals surface area contributed by atoms with Crippen LogP contribution >= 0.6 is 0 Å². The Morgan fingerprint density at radius 1 is 1.25 bits per heavy atom. The molecule has 0 amide bonds. The zero-order valence-corrected chi connectivity index (χ0v) is 8.98. The third-order valence-corrected chi connectivity index (χ3v) is 2.88. The van der Waals surface area contributed by atoms with E-state index in [1.54, 1.807) is 0 Å². The second-order valence-electron chi connectivity index (χ2n) is 4.03. The molecule has 3 rings (SSSR count). The van der Waals surface area contributed by atoms with E-state index < -0.39 is 0 Å². The molecule has 2 heterocycles. The molecule has 1 aliphatic rings. The van der Waals surface area contributed by atoms with Gasteiger partial charge in [-0.2, -0.15) is 0 Å². The SMILES string of the molecule is Nc1ccc(-c2cn3c(n2)CNCC3)cc1. The van der Waals surface area contributed by atoms with Crippen LogP contribution in [-0.4, -0.2) is 16.1 Å². The maximum atomic E-state index is 5.67. The number of hydrogen-bond acceptors (Lipinski definition) is 3. The van der Waals surface area contributed by atoms with Crippen LogP contribution in [0.1, 0.15) is 5.82 Å². The van der Waals surface area contributed by atoms with Crippen molar-refractivity contribution in [2.75, 3.05) is 12.3 Å². The van der Waals surface area contributed by atoms with Gasteiger partial charge in [-0.25, -0.2) is 4.98 Å². The van der Waals surface area contributed by atoms with Gasteiger partial charge in [0, 0.05) is 30.5 Å². The lowest BCUT2D eigenvalue weighted by Crippen LogP contribution is -2.27. The van der Waals surface area contributed by atoms with Crippen LogP contribution in [0.4, 0.5) is 5.69 Å². The van der Waals surface area contributed by atoms with Crippen LogP contribution in [0.5, 0.6) is 0 Å². The lowest BCUT2D eigenvalue weighted by molar-refractivity contribution is 0.505. The minimum Gasteiger partial charge on any atom is -0.399 e. The normalized spacial score (nSPS) is 14.8. The van der Waals surface area contributed by atoms with Gasteiger partial charge in [0.1, 0.15) is 5.82 Å². The molecular formula is C12H14N4. The number of rotatable bonds is 1. The first-order chi connectivity index (χ1) is 7.83. The molecule has 1 aromatic heterocycles. The molecule has 1 aliphatic heterocycles. The molecule has 4 heteroatoms. The van der Waals surface area contributed by atoms with E-state index in [2.05, 4.69) is 21.1 Å². The van der Waals surface area contributed by atoms with Gasteiger partial charge in [-0.15, -0.1) is 0 Å². The first-order valence-electron chi connectivity index (χ1n) is 5.45. The molecule has 82 valence electrons. The number of aromatic nitrogens is 2. The molecule has 0 fully saturated rings. The predicted molar refractivity (Wildman–Crippen MR) is 63.8 cm³/mol. The Morgan fingerprint density at radius 3 is 2.81 bits per heavy atom. The monoisotopic (exact) mass is 214 g/mol. The summed E-state index contributed by atoms with van der Waals surface area (Å²) in [6.07, 6.45) is 2.11. The van der Waals surface area contributed by atoms with Crippen molar-refractivity contribution in [3.8, 4) is 11.3 Å². The van der Waals surface area contributed by atoms with Gasteiger partial charge in [-0.3, -0.25) is 0 Å². The summed E-state index contributed by atoms with van der Waals surface area (Å²) in [5.74, 6) is 1.11. The molecule has 2 aromatic rings. The third kappa shape index (κ3) is 1.57. The molecule has 0 atom stereocenters. The Hall–Kier alpha value is -1.81. The van der Waals surface area contributed by atoms with Gasteiger partial charge in [0.15, 0.2) is 0 Å². The van der Waals surface area contributed by atoms with Crippen molar-refractivity contribution in [2.24, 2.45) is 0 Å². The van der Waals surface area contributed by atoms with Crippen molar-refractivity contribution in [3.05, 3.63) is 36.3 Å². The fourth-order valence-corrected chi connectivity index (χ4v) is 1.98. The van der Waals surface area contributed by atoms with E-state index in [9.17, 15) is 0 Å². The fourth-order valence-electron chi connectivity index (χ4n) is 1.98.